The lowest BCUT2D eigenvalue weighted by Gasteiger charge is -2.27. The number of likely N-dealkylation sites (tertiary alicyclic amines) is 1. The van der Waals surface area contributed by atoms with Crippen LogP contribution in [0, 0.1) is 5.82 Å². The highest BCUT2D eigenvalue weighted by molar-refractivity contribution is 5.81. The first kappa shape index (κ1) is 19.4. The normalized spacial score (nSPS) is 24.0. The van der Waals surface area contributed by atoms with Crippen molar-refractivity contribution in [2.24, 2.45) is 0 Å². The number of halogens is 3. The molecule has 1 aromatic heterocycles. The molecule has 1 saturated heterocycles. The molecule has 1 aliphatic carbocycles. The van der Waals surface area contributed by atoms with E-state index in [1.165, 1.54) is 26.3 Å². The van der Waals surface area contributed by atoms with Gasteiger partial charge in [-0.25, -0.2) is 22.6 Å². The number of carbonyl (C=O) groups excluding carboxylic acids is 1. The lowest BCUT2D eigenvalue weighted by Crippen LogP contribution is -2.42. The lowest BCUT2D eigenvalue weighted by atomic mass is 9.96. The van der Waals surface area contributed by atoms with Crippen molar-refractivity contribution in [3.05, 3.63) is 52.0 Å². The minimum atomic E-state index is -2.87. The second-order valence-electron chi connectivity index (χ2n) is 8.79. The maximum absolute atomic E-state index is 13.6. The molecule has 0 bridgehead atoms. The van der Waals surface area contributed by atoms with Crippen LogP contribution in [0.5, 0.6) is 0 Å². The molecule has 0 N–H and O–H groups in total. The Balaban J connectivity index is 1.42. The Bertz CT molecular complexity index is 1040. The predicted molar refractivity (Wildman–Crippen MR) is 102 cm³/mol. The molecule has 30 heavy (non-hydrogen) atoms. The van der Waals surface area contributed by atoms with Crippen LogP contribution in [0.1, 0.15) is 49.5 Å². The number of nitrogens with zero attached hydrogens (tertiary/aromatic N) is 4. The number of alkyl halides is 2. The summed E-state index contributed by atoms with van der Waals surface area (Å²) < 4.78 is 43.2. The van der Waals surface area contributed by atoms with Gasteiger partial charge >= 0.3 is 5.69 Å². The summed E-state index contributed by atoms with van der Waals surface area (Å²) in [7, 11) is 0. The second kappa shape index (κ2) is 6.72. The number of benzene rings is 1. The van der Waals surface area contributed by atoms with E-state index in [0.717, 1.165) is 18.4 Å². The zero-order chi connectivity index (χ0) is 21.1. The van der Waals surface area contributed by atoms with Crippen molar-refractivity contribution in [2.75, 3.05) is 13.1 Å². The van der Waals surface area contributed by atoms with Gasteiger partial charge in [-0.2, -0.15) is 5.10 Å². The van der Waals surface area contributed by atoms with Crippen LogP contribution >= 0.6 is 0 Å². The van der Waals surface area contributed by atoms with Gasteiger partial charge in [-0.3, -0.25) is 9.36 Å². The van der Waals surface area contributed by atoms with Gasteiger partial charge in [0.1, 0.15) is 17.7 Å². The maximum Gasteiger partial charge on any atom is 0.346 e. The molecule has 1 saturated carbocycles. The summed E-state index contributed by atoms with van der Waals surface area (Å²) in [5.41, 5.74) is 0.342. The van der Waals surface area contributed by atoms with Gasteiger partial charge in [0, 0.05) is 24.8 Å². The van der Waals surface area contributed by atoms with Crippen LogP contribution < -0.4 is 5.69 Å². The Kier molecular flexibility index (Phi) is 4.34. The highest BCUT2D eigenvalue weighted by Crippen LogP contribution is 2.49. The number of fused-ring (bicyclic) bond motifs is 1. The Labute approximate surface area is 171 Å². The maximum atomic E-state index is 13.6. The molecule has 3 aliphatic rings. The first-order valence-electron chi connectivity index (χ1n) is 10.4. The van der Waals surface area contributed by atoms with E-state index in [1.807, 2.05) is 0 Å². The van der Waals surface area contributed by atoms with Crippen LogP contribution in [-0.2, 0) is 23.2 Å². The standard InChI is InChI=1S/C21H23F3N4O2/c22-15-6-4-14(5-7-15)20(8-9-20)12-27-19(30)28-16(2-1-3-17(28)25-27)18(29)26-11-10-21(23,24)13-26/h4-7,16H,1-3,8-13H2/t16-/m0/s1. The van der Waals surface area contributed by atoms with E-state index in [0.29, 0.717) is 31.6 Å². The summed E-state index contributed by atoms with van der Waals surface area (Å²) in [5.74, 6) is -3.06. The molecule has 2 fully saturated rings. The Hall–Kier alpha value is -2.58. The van der Waals surface area contributed by atoms with Crippen molar-refractivity contribution in [1.29, 1.82) is 0 Å². The highest BCUT2D eigenvalue weighted by atomic mass is 19.3. The predicted octanol–water partition coefficient (Wildman–Crippen LogP) is 2.66. The largest absolute Gasteiger partial charge is 0.346 e. The fourth-order valence-electron chi connectivity index (χ4n) is 4.78. The minimum Gasteiger partial charge on any atom is -0.335 e. The van der Waals surface area contributed by atoms with E-state index < -0.39 is 24.4 Å². The molecular weight excluding hydrogens is 397 g/mol. The van der Waals surface area contributed by atoms with Gasteiger partial charge in [0.2, 0.25) is 5.91 Å². The Morgan fingerprint density at radius 2 is 1.90 bits per heavy atom. The molecular formula is C21H23F3N4O2. The molecule has 0 unspecified atom stereocenters. The van der Waals surface area contributed by atoms with E-state index in [2.05, 4.69) is 5.10 Å². The Morgan fingerprint density at radius 1 is 1.17 bits per heavy atom. The molecule has 1 aromatic carbocycles. The number of carbonyl (C=O) groups is 1. The van der Waals surface area contributed by atoms with Gasteiger partial charge in [-0.1, -0.05) is 12.1 Å². The van der Waals surface area contributed by atoms with E-state index in [4.69, 9.17) is 0 Å². The van der Waals surface area contributed by atoms with Crippen molar-refractivity contribution in [3.8, 4) is 0 Å². The highest BCUT2D eigenvalue weighted by Gasteiger charge is 2.47. The SMILES string of the molecule is O=C([C@@H]1CCCc2nn(CC3(c4ccc(F)cc4)CC3)c(=O)n21)N1CCC(F)(F)C1. The summed E-state index contributed by atoms with van der Waals surface area (Å²) in [5, 5.41) is 4.48. The molecule has 1 amide bonds. The Morgan fingerprint density at radius 3 is 2.53 bits per heavy atom. The van der Waals surface area contributed by atoms with Crippen molar-refractivity contribution < 1.29 is 18.0 Å². The van der Waals surface area contributed by atoms with Crippen LogP contribution in [0.25, 0.3) is 0 Å². The van der Waals surface area contributed by atoms with Crippen molar-refractivity contribution in [1.82, 2.24) is 19.2 Å². The van der Waals surface area contributed by atoms with Gasteiger partial charge < -0.3 is 4.90 Å². The zero-order valence-electron chi connectivity index (χ0n) is 16.5. The topological polar surface area (TPSA) is 60.1 Å². The third-order valence-electron chi connectivity index (χ3n) is 6.66. The van der Waals surface area contributed by atoms with Crippen LogP contribution in [0.4, 0.5) is 13.2 Å². The molecule has 2 aromatic rings. The van der Waals surface area contributed by atoms with Crippen molar-refractivity contribution in [3.63, 3.8) is 0 Å². The molecule has 0 spiro atoms. The van der Waals surface area contributed by atoms with Crippen LogP contribution in [0.3, 0.4) is 0 Å². The van der Waals surface area contributed by atoms with Crippen molar-refractivity contribution in [2.45, 2.75) is 62.4 Å². The first-order chi connectivity index (χ1) is 14.3. The summed E-state index contributed by atoms with van der Waals surface area (Å²) in [6, 6.07) is 5.53. The third kappa shape index (κ3) is 3.24. The first-order valence-corrected chi connectivity index (χ1v) is 10.4. The third-order valence-corrected chi connectivity index (χ3v) is 6.66. The number of aryl methyl sites for hydroxylation is 1. The zero-order valence-corrected chi connectivity index (χ0v) is 16.5. The fourth-order valence-corrected chi connectivity index (χ4v) is 4.78. The molecule has 160 valence electrons. The van der Waals surface area contributed by atoms with Crippen LogP contribution in [0.15, 0.2) is 29.1 Å². The number of hydrogen-bond acceptors (Lipinski definition) is 3. The van der Waals surface area contributed by atoms with Gasteiger partial charge in [-0.05, 0) is 43.4 Å². The number of hydrogen-bond donors (Lipinski definition) is 0. The molecule has 0 radical (unpaired) electrons. The number of amides is 1. The van der Waals surface area contributed by atoms with E-state index in [9.17, 15) is 22.8 Å². The molecule has 2 aliphatic heterocycles. The van der Waals surface area contributed by atoms with Crippen LogP contribution in [0.2, 0.25) is 0 Å². The monoisotopic (exact) mass is 420 g/mol. The molecule has 3 heterocycles. The number of rotatable bonds is 4. The van der Waals surface area contributed by atoms with E-state index in [-0.39, 0.29) is 29.9 Å². The average Bonchev–Trinajstić information content (AvgIpc) is 3.31. The lowest BCUT2D eigenvalue weighted by molar-refractivity contribution is -0.135. The summed E-state index contributed by atoms with van der Waals surface area (Å²) >= 11 is 0. The summed E-state index contributed by atoms with van der Waals surface area (Å²) in [4.78, 5) is 27.2. The summed E-state index contributed by atoms with van der Waals surface area (Å²) in [6.45, 7) is -0.220. The fraction of sp³-hybridized carbons (Fsp3) is 0.571. The van der Waals surface area contributed by atoms with Gasteiger partial charge in [0.05, 0.1) is 13.1 Å². The van der Waals surface area contributed by atoms with Gasteiger partial charge in [0.25, 0.3) is 5.92 Å². The van der Waals surface area contributed by atoms with E-state index >= 15 is 0 Å². The number of aromatic nitrogens is 3. The average molecular weight is 420 g/mol. The molecule has 6 nitrogen and oxygen atoms in total. The van der Waals surface area contributed by atoms with E-state index in [1.54, 1.807) is 12.1 Å². The second-order valence-corrected chi connectivity index (χ2v) is 8.79. The smallest absolute Gasteiger partial charge is 0.335 e. The molecule has 9 heteroatoms. The van der Waals surface area contributed by atoms with Crippen LogP contribution in [-0.4, -0.2) is 44.2 Å². The molecule has 5 rings (SSSR count). The van der Waals surface area contributed by atoms with Crippen molar-refractivity contribution >= 4 is 5.91 Å². The quantitative estimate of drug-likeness (QED) is 0.764. The van der Waals surface area contributed by atoms with Gasteiger partial charge in [0.15, 0.2) is 0 Å². The molecule has 1 atom stereocenters. The minimum absolute atomic E-state index is 0.00817. The van der Waals surface area contributed by atoms with Gasteiger partial charge in [-0.15, -0.1) is 0 Å². The summed E-state index contributed by atoms with van der Waals surface area (Å²) in [6.07, 6.45) is 3.11.